The molecule has 0 spiro atoms. The van der Waals surface area contributed by atoms with Crippen LogP contribution in [0.4, 0.5) is 0 Å². The smallest absolute Gasteiger partial charge is 0.160 e. The van der Waals surface area contributed by atoms with E-state index >= 15 is 0 Å². The predicted octanol–water partition coefficient (Wildman–Crippen LogP) is 2.55. The zero-order chi connectivity index (χ0) is 11.1. The molecule has 0 aliphatic carbocycles. The van der Waals surface area contributed by atoms with Crippen molar-refractivity contribution in [2.24, 2.45) is 0 Å². The topological polar surface area (TPSA) is 42.2 Å². The molecule has 1 aromatic rings. The Kier molecular flexibility index (Phi) is 4.49. The van der Waals surface area contributed by atoms with Gasteiger partial charge in [0.25, 0.3) is 0 Å². The minimum atomic E-state index is 0.592. The van der Waals surface area contributed by atoms with E-state index in [1.807, 2.05) is 18.2 Å². The highest BCUT2D eigenvalue weighted by Gasteiger charge is 2.03. The van der Waals surface area contributed by atoms with Gasteiger partial charge in [-0.05, 0) is 30.5 Å². The number of ether oxygens (including phenoxy) is 2. The number of methoxy groups -OCH3 is 2. The summed E-state index contributed by atoms with van der Waals surface area (Å²) >= 11 is 0. The van der Waals surface area contributed by atoms with Gasteiger partial charge in [0.2, 0.25) is 0 Å². The molecule has 0 radical (unpaired) electrons. The maximum Gasteiger partial charge on any atom is 0.160 e. The fourth-order valence-corrected chi connectivity index (χ4v) is 1.41. The lowest BCUT2D eigenvalue weighted by atomic mass is 10.1. The molecule has 1 rings (SSSR count). The molecule has 0 atom stereocenters. The molecule has 3 heteroatoms. The van der Waals surface area contributed by atoms with E-state index in [4.69, 9.17) is 14.7 Å². The summed E-state index contributed by atoms with van der Waals surface area (Å²) in [5.41, 5.74) is 1.17. The SMILES string of the molecule is COc1ccc(CCCC#N)cc1OC. The lowest BCUT2D eigenvalue weighted by Gasteiger charge is -2.08. The van der Waals surface area contributed by atoms with Crippen LogP contribution in [-0.4, -0.2) is 14.2 Å². The molecule has 0 aliphatic heterocycles. The Bertz CT molecular complexity index is 355. The Morgan fingerprint density at radius 3 is 2.53 bits per heavy atom. The third-order valence-corrected chi connectivity index (χ3v) is 2.20. The molecule has 80 valence electrons. The molecule has 0 amide bonds. The fraction of sp³-hybridized carbons (Fsp3) is 0.417. The van der Waals surface area contributed by atoms with Crippen LogP contribution >= 0.6 is 0 Å². The van der Waals surface area contributed by atoms with Crippen molar-refractivity contribution < 1.29 is 9.47 Å². The lowest BCUT2D eigenvalue weighted by Crippen LogP contribution is -1.92. The molecule has 0 unspecified atom stereocenters. The van der Waals surface area contributed by atoms with Crippen LogP contribution in [-0.2, 0) is 6.42 Å². The average molecular weight is 205 g/mol. The summed E-state index contributed by atoms with van der Waals surface area (Å²) < 4.78 is 10.3. The van der Waals surface area contributed by atoms with Crippen molar-refractivity contribution in [3.63, 3.8) is 0 Å². The number of unbranched alkanes of at least 4 members (excludes halogenated alkanes) is 1. The highest BCUT2D eigenvalue weighted by atomic mass is 16.5. The number of rotatable bonds is 5. The second-order valence-corrected chi connectivity index (χ2v) is 3.20. The van der Waals surface area contributed by atoms with E-state index < -0.39 is 0 Å². The third-order valence-electron chi connectivity index (χ3n) is 2.20. The molecule has 0 N–H and O–H groups in total. The molecule has 0 saturated carbocycles. The maximum absolute atomic E-state index is 8.43. The summed E-state index contributed by atoms with van der Waals surface area (Å²) in [5.74, 6) is 1.48. The Labute approximate surface area is 90.2 Å². The predicted molar refractivity (Wildman–Crippen MR) is 58.1 cm³/mol. The first-order valence-corrected chi connectivity index (χ1v) is 4.89. The van der Waals surface area contributed by atoms with Crippen LogP contribution in [0.5, 0.6) is 11.5 Å². The number of benzene rings is 1. The minimum absolute atomic E-state index is 0.592. The molecular formula is C12H15NO2. The van der Waals surface area contributed by atoms with Crippen LogP contribution in [0.1, 0.15) is 18.4 Å². The quantitative estimate of drug-likeness (QED) is 0.694. The molecule has 15 heavy (non-hydrogen) atoms. The van der Waals surface area contributed by atoms with E-state index in [0.717, 1.165) is 24.3 Å². The van der Waals surface area contributed by atoms with Gasteiger partial charge in [0, 0.05) is 6.42 Å². The van der Waals surface area contributed by atoms with Crippen LogP contribution in [0.15, 0.2) is 18.2 Å². The van der Waals surface area contributed by atoms with Crippen molar-refractivity contribution in [3.8, 4) is 17.6 Å². The van der Waals surface area contributed by atoms with Gasteiger partial charge >= 0.3 is 0 Å². The molecule has 0 fully saturated rings. The van der Waals surface area contributed by atoms with Gasteiger partial charge in [-0.1, -0.05) is 6.07 Å². The number of nitrogens with zero attached hydrogens (tertiary/aromatic N) is 1. The van der Waals surface area contributed by atoms with Crippen molar-refractivity contribution >= 4 is 0 Å². The minimum Gasteiger partial charge on any atom is -0.493 e. The molecule has 0 heterocycles. The van der Waals surface area contributed by atoms with Crippen molar-refractivity contribution in [1.29, 1.82) is 5.26 Å². The molecule has 3 nitrogen and oxygen atoms in total. The number of hydrogen-bond donors (Lipinski definition) is 0. The van der Waals surface area contributed by atoms with Crippen molar-refractivity contribution in [2.45, 2.75) is 19.3 Å². The second-order valence-electron chi connectivity index (χ2n) is 3.20. The first kappa shape index (κ1) is 11.4. The monoisotopic (exact) mass is 205 g/mol. The van der Waals surface area contributed by atoms with Gasteiger partial charge in [-0.25, -0.2) is 0 Å². The van der Waals surface area contributed by atoms with Crippen LogP contribution in [0.3, 0.4) is 0 Å². The standard InChI is InChI=1S/C12H15NO2/c1-14-11-7-6-10(5-3-4-8-13)9-12(11)15-2/h6-7,9H,3-5H2,1-2H3. The van der Waals surface area contributed by atoms with Crippen LogP contribution in [0.25, 0.3) is 0 Å². The van der Waals surface area contributed by atoms with Crippen molar-refractivity contribution in [3.05, 3.63) is 23.8 Å². The van der Waals surface area contributed by atoms with E-state index in [1.54, 1.807) is 14.2 Å². The van der Waals surface area contributed by atoms with Gasteiger partial charge in [0.05, 0.1) is 20.3 Å². The average Bonchev–Trinajstić information content (AvgIpc) is 2.29. The highest BCUT2D eigenvalue weighted by Crippen LogP contribution is 2.27. The van der Waals surface area contributed by atoms with Gasteiger partial charge in [-0.15, -0.1) is 0 Å². The third kappa shape index (κ3) is 3.17. The van der Waals surface area contributed by atoms with Gasteiger partial charge in [0.1, 0.15) is 0 Å². The normalized spacial score (nSPS) is 9.40. The molecule has 0 saturated heterocycles. The number of hydrogen-bond acceptors (Lipinski definition) is 3. The first-order valence-electron chi connectivity index (χ1n) is 4.89. The molecule has 1 aromatic carbocycles. The summed E-state index contributed by atoms with van der Waals surface area (Å²) in [5, 5.41) is 8.43. The van der Waals surface area contributed by atoms with Gasteiger partial charge in [-0.2, -0.15) is 5.26 Å². The van der Waals surface area contributed by atoms with Crippen molar-refractivity contribution in [2.75, 3.05) is 14.2 Å². The number of nitriles is 1. The molecular weight excluding hydrogens is 190 g/mol. The van der Waals surface area contributed by atoms with E-state index in [0.29, 0.717) is 6.42 Å². The number of aryl methyl sites for hydroxylation is 1. The van der Waals surface area contributed by atoms with E-state index in [-0.39, 0.29) is 0 Å². The van der Waals surface area contributed by atoms with Gasteiger partial charge in [0.15, 0.2) is 11.5 Å². The fourth-order valence-electron chi connectivity index (χ4n) is 1.41. The first-order chi connectivity index (χ1) is 7.31. The Hall–Kier alpha value is -1.69. The molecule has 0 bridgehead atoms. The summed E-state index contributed by atoms with van der Waals surface area (Å²) in [6, 6.07) is 7.98. The van der Waals surface area contributed by atoms with Crippen LogP contribution in [0.2, 0.25) is 0 Å². The van der Waals surface area contributed by atoms with Gasteiger partial charge in [-0.3, -0.25) is 0 Å². The summed E-state index contributed by atoms with van der Waals surface area (Å²) in [7, 11) is 3.24. The van der Waals surface area contributed by atoms with Crippen LogP contribution in [0, 0.1) is 11.3 Å². The highest BCUT2D eigenvalue weighted by molar-refractivity contribution is 5.42. The molecule has 0 aromatic heterocycles. The largest absolute Gasteiger partial charge is 0.493 e. The maximum atomic E-state index is 8.43. The Balaban J connectivity index is 2.71. The van der Waals surface area contributed by atoms with E-state index in [9.17, 15) is 0 Å². The second kappa shape index (κ2) is 5.92. The van der Waals surface area contributed by atoms with Crippen molar-refractivity contribution in [1.82, 2.24) is 0 Å². The van der Waals surface area contributed by atoms with Gasteiger partial charge < -0.3 is 9.47 Å². The zero-order valence-electron chi connectivity index (χ0n) is 9.12. The summed E-state index contributed by atoms with van der Waals surface area (Å²) in [6.45, 7) is 0. The summed E-state index contributed by atoms with van der Waals surface area (Å²) in [6.07, 6.45) is 2.37. The summed E-state index contributed by atoms with van der Waals surface area (Å²) in [4.78, 5) is 0. The Morgan fingerprint density at radius 1 is 1.20 bits per heavy atom. The Morgan fingerprint density at radius 2 is 1.93 bits per heavy atom. The lowest BCUT2D eigenvalue weighted by molar-refractivity contribution is 0.354. The van der Waals surface area contributed by atoms with E-state index in [1.165, 1.54) is 5.56 Å². The van der Waals surface area contributed by atoms with Crippen LogP contribution < -0.4 is 9.47 Å². The zero-order valence-corrected chi connectivity index (χ0v) is 9.12. The molecule has 0 aliphatic rings. The van der Waals surface area contributed by atoms with E-state index in [2.05, 4.69) is 6.07 Å².